The molecule has 3 aromatic carbocycles. The number of carbonyl (C=O) groups excluding carboxylic acids is 1. The van der Waals surface area contributed by atoms with Crippen LogP contribution in [-0.2, 0) is 24.3 Å². The van der Waals surface area contributed by atoms with Crippen LogP contribution in [0.3, 0.4) is 0 Å². The highest BCUT2D eigenvalue weighted by atomic mass is 16.5. The van der Waals surface area contributed by atoms with Crippen molar-refractivity contribution >= 4 is 11.7 Å². The molecular formula is C48H56N6O4. The Kier molecular flexibility index (Phi) is 12.0. The Balaban J connectivity index is 0.925. The van der Waals surface area contributed by atoms with E-state index in [0.29, 0.717) is 36.8 Å². The van der Waals surface area contributed by atoms with E-state index in [-0.39, 0.29) is 29.5 Å². The maximum absolute atomic E-state index is 13.6. The number of ether oxygens (including phenoxy) is 3. The fraction of sp³-hybridized carbons (Fsp3) is 0.417. The number of hydrogen-bond donors (Lipinski definition) is 0. The summed E-state index contributed by atoms with van der Waals surface area (Å²) in [5.74, 6) is 2.74. The molecule has 1 atom stereocenters. The molecule has 1 unspecified atom stereocenters. The van der Waals surface area contributed by atoms with E-state index in [1.54, 1.807) is 12.5 Å². The number of hydrogen-bond acceptors (Lipinski definition) is 9. The third kappa shape index (κ3) is 8.73. The molecule has 58 heavy (non-hydrogen) atoms. The molecule has 10 heteroatoms. The van der Waals surface area contributed by atoms with Crippen LogP contribution in [0.2, 0.25) is 0 Å². The molecule has 302 valence electrons. The molecule has 0 N–H and O–H groups in total. The highest BCUT2D eigenvalue weighted by Crippen LogP contribution is 2.52. The third-order valence-corrected chi connectivity index (χ3v) is 12.0. The van der Waals surface area contributed by atoms with Gasteiger partial charge in [0.25, 0.3) is 5.91 Å². The molecular weight excluding hydrogens is 725 g/mol. The maximum Gasteiger partial charge on any atom is 0.257 e. The van der Waals surface area contributed by atoms with Crippen molar-refractivity contribution in [1.82, 2.24) is 24.8 Å². The number of aromatic nitrogens is 3. The van der Waals surface area contributed by atoms with Crippen molar-refractivity contribution < 1.29 is 19.0 Å². The van der Waals surface area contributed by atoms with E-state index >= 15 is 0 Å². The summed E-state index contributed by atoms with van der Waals surface area (Å²) < 4.78 is 19.5. The Morgan fingerprint density at radius 3 is 2.43 bits per heavy atom. The zero-order chi connectivity index (χ0) is 40.1. The second-order valence-electron chi connectivity index (χ2n) is 16.6. The number of fused-ring (bicyclic) bond motifs is 1. The van der Waals surface area contributed by atoms with Crippen molar-refractivity contribution in [1.29, 1.82) is 0 Å². The summed E-state index contributed by atoms with van der Waals surface area (Å²) in [5, 5.41) is 0. The topological polar surface area (TPSA) is 93.2 Å². The maximum atomic E-state index is 13.6. The van der Waals surface area contributed by atoms with Crippen LogP contribution in [0.25, 0.3) is 0 Å². The Hall–Kier alpha value is -5.32. The number of pyridine rings is 1. The molecule has 0 radical (unpaired) electrons. The highest BCUT2D eigenvalue weighted by Gasteiger charge is 2.54. The van der Waals surface area contributed by atoms with Gasteiger partial charge in [-0.1, -0.05) is 72.3 Å². The molecule has 2 aliphatic heterocycles. The zero-order valence-electron chi connectivity index (χ0n) is 34.3. The summed E-state index contributed by atoms with van der Waals surface area (Å²) >= 11 is 0. The number of anilines is 1. The van der Waals surface area contributed by atoms with Gasteiger partial charge in [0, 0.05) is 75.0 Å². The molecule has 1 spiro atoms. The molecule has 1 saturated carbocycles. The van der Waals surface area contributed by atoms with Gasteiger partial charge in [-0.15, -0.1) is 0 Å². The number of rotatable bonds is 16. The summed E-state index contributed by atoms with van der Waals surface area (Å²) in [5.41, 5.74) is 6.63. The molecule has 1 saturated heterocycles. The largest absolute Gasteiger partial charge is 0.490 e. The quantitative estimate of drug-likeness (QED) is 0.0910. The number of carbonyl (C=O) groups is 1. The van der Waals surface area contributed by atoms with Crippen molar-refractivity contribution in [2.24, 2.45) is 5.41 Å². The van der Waals surface area contributed by atoms with Crippen LogP contribution in [0.1, 0.15) is 90.8 Å². The van der Waals surface area contributed by atoms with E-state index in [2.05, 4.69) is 80.4 Å². The SMILES string of the molecule is CCN(C(=O)c1cc(C)ccc1Oc1cncnc1N1CC2(CC(Oc3ccnc4c3C(CCCOCc3ccccc3)N(Cc3ccccc3)CC4)C2)C1)C(C)C. The number of nitrogens with zero attached hydrogens (tertiary/aromatic N) is 6. The van der Waals surface area contributed by atoms with Gasteiger partial charge < -0.3 is 24.0 Å². The summed E-state index contributed by atoms with van der Waals surface area (Å²) in [4.78, 5) is 34.2. The van der Waals surface area contributed by atoms with E-state index in [4.69, 9.17) is 19.2 Å². The lowest BCUT2D eigenvalue weighted by atomic mass is 9.61. The molecule has 8 rings (SSSR count). The first-order chi connectivity index (χ1) is 28.3. The highest BCUT2D eigenvalue weighted by molar-refractivity contribution is 5.97. The lowest BCUT2D eigenvalue weighted by Gasteiger charge is -2.59. The van der Waals surface area contributed by atoms with Crippen LogP contribution >= 0.6 is 0 Å². The van der Waals surface area contributed by atoms with Crippen molar-refractivity contribution in [3.05, 3.63) is 137 Å². The number of benzene rings is 3. The number of aryl methyl sites for hydroxylation is 1. The fourth-order valence-corrected chi connectivity index (χ4v) is 9.10. The molecule has 2 aromatic heterocycles. The molecule has 5 aromatic rings. The first-order valence-corrected chi connectivity index (χ1v) is 21.0. The average Bonchev–Trinajstić information content (AvgIpc) is 3.20. The summed E-state index contributed by atoms with van der Waals surface area (Å²) in [7, 11) is 0. The van der Waals surface area contributed by atoms with Gasteiger partial charge in [0.15, 0.2) is 11.6 Å². The first-order valence-electron chi connectivity index (χ1n) is 21.0. The van der Waals surface area contributed by atoms with E-state index in [1.807, 2.05) is 63.1 Å². The summed E-state index contributed by atoms with van der Waals surface area (Å²) in [6, 6.07) is 29.3. The van der Waals surface area contributed by atoms with Gasteiger partial charge in [-0.2, -0.15) is 0 Å². The molecule has 3 aliphatic rings. The van der Waals surface area contributed by atoms with E-state index in [0.717, 1.165) is 81.1 Å². The molecule has 1 amide bonds. The standard InChI is InChI=1S/C48H56N6O4/c1-5-54(34(2)3)47(55)39-25-35(4)18-19-42(39)58-44-28-49-33-51-46(44)53-31-48(32-53)26-38(27-48)57-43-20-22-50-40-21-23-52(29-36-13-8-6-9-14-36)41(45(40)43)17-12-24-56-30-37-15-10-7-11-16-37/h6-11,13-16,18-20,22,25,28,33-34,38,41H,5,12,17,21,23-24,26-27,29-32H2,1-4H3. The van der Waals surface area contributed by atoms with Gasteiger partial charge >= 0.3 is 0 Å². The van der Waals surface area contributed by atoms with Gasteiger partial charge in [-0.05, 0) is 82.7 Å². The third-order valence-electron chi connectivity index (χ3n) is 12.0. The Morgan fingerprint density at radius 2 is 1.69 bits per heavy atom. The Bertz CT molecular complexity index is 2150. The van der Waals surface area contributed by atoms with Gasteiger partial charge in [-0.3, -0.25) is 14.7 Å². The predicted molar refractivity (Wildman–Crippen MR) is 226 cm³/mol. The van der Waals surface area contributed by atoms with Crippen molar-refractivity contribution in [2.75, 3.05) is 37.7 Å². The van der Waals surface area contributed by atoms with Gasteiger partial charge in [0.2, 0.25) is 0 Å². The lowest BCUT2D eigenvalue weighted by Crippen LogP contribution is -2.65. The Morgan fingerprint density at radius 1 is 0.931 bits per heavy atom. The van der Waals surface area contributed by atoms with Gasteiger partial charge in [0.1, 0.15) is 23.9 Å². The minimum atomic E-state index is -0.0449. The van der Waals surface area contributed by atoms with Crippen LogP contribution in [0.4, 0.5) is 5.82 Å². The lowest BCUT2D eigenvalue weighted by molar-refractivity contribution is -0.0358. The average molecular weight is 781 g/mol. The molecule has 1 aliphatic carbocycles. The predicted octanol–water partition coefficient (Wildman–Crippen LogP) is 8.99. The summed E-state index contributed by atoms with van der Waals surface area (Å²) in [6.45, 7) is 13.6. The van der Waals surface area contributed by atoms with Crippen molar-refractivity contribution in [3.8, 4) is 17.2 Å². The summed E-state index contributed by atoms with van der Waals surface area (Å²) in [6.07, 6.45) is 10.1. The first kappa shape index (κ1) is 39.5. The van der Waals surface area contributed by atoms with Crippen LogP contribution < -0.4 is 14.4 Å². The molecule has 0 bridgehead atoms. The monoisotopic (exact) mass is 780 g/mol. The molecule has 2 fully saturated rings. The normalized spacial score (nSPS) is 17.4. The van der Waals surface area contributed by atoms with E-state index in [1.165, 1.54) is 16.7 Å². The molecule has 10 nitrogen and oxygen atoms in total. The van der Waals surface area contributed by atoms with Crippen LogP contribution in [0.5, 0.6) is 17.2 Å². The fourth-order valence-electron chi connectivity index (χ4n) is 9.10. The van der Waals surface area contributed by atoms with Gasteiger partial charge in [-0.25, -0.2) is 9.97 Å². The Labute approximate surface area is 343 Å². The van der Waals surface area contributed by atoms with Crippen molar-refractivity contribution in [2.45, 2.75) is 91.1 Å². The van der Waals surface area contributed by atoms with Crippen LogP contribution in [0, 0.1) is 12.3 Å². The minimum Gasteiger partial charge on any atom is -0.490 e. The van der Waals surface area contributed by atoms with Crippen LogP contribution in [-0.4, -0.2) is 75.6 Å². The number of amides is 1. The molecule has 4 heterocycles. The second kappa shape index (κ2) is 17.7. The zero-order valence-corrected chi connectivity index (χ0v) is 34.3. The van der Waals surface area contributed by atoms with E-state index < -0.39 is 0 Å². The van der Waals surface area contributed by atoms with E-state index in [9.17, 15) is 4.79 Å². The van der Waals surface area contributed by atoms with Crippen molar-refractivity contribution in [3.63, 3.8) is 0 Å². The second-order valence-corrected chi connectivity index (χ2v) is 16.6. The smallest absolute Gasteiger partial charge is 0.257 e. The van der Waals surface area contributed by atoms with Gasteiger partial charge in [0.05, 0.1) is 24.1 Å². The minimum absolute atomic E-state index is 0.0449. The van der Waals surface area contributed by atoms with Crippen LogP contribution in [0.15, 0.2) is 104 Å².